The van der Waals surface area contributed by atoms with Crippen molar-refractivity contribution in [1.82, 2.24) is 0 Å². The second-order valence-electron chi connectivity index (χ2n) is 6.57. The van der Waals surface area contributed by atoms with Gasteiger partial charge in [0.1, 0.15) is 0 Å². The van der Waals surface area contributed by atoms with Crippen LogP contribution in [0.1, 0.15) is 51.5 Å². The number of hydrogen-bond acceptors (Lipinski definition) is 2. The third-order valence-corrected chi connectivity index (χ3v) is 4.92. The zero-order chi connectivity index (χ0) is 13.5. The van der Waals surface area contributed by atoms with Gasteiger partial charge in [-0.05, 0) is 45.2 Å². The first-order valence-electron chi connectivity index (χ1n) is 7.77. The van der Waals surface area contributed by atoms with E-state index < -0.39 is 0 Å². The second-order valence-corrected chi connectivity index (χ2v) is 6.57. The summed E-state index contributed by atoms with van der Waals surface area (Å²) >= 11 is 0. The average Bonchev–Trinajstić information content (AvgIpc) is 2.39. The fourth-order valence-corrected chi connectivity index (χ4v) is 4.13. The fraction of sp³-hybridized carbons (Fsp3) is 0.647. The number of nitrogens with zero attached hydrogens (tertiary/aromatic N) is 1. The molecule has 1 saturated carbocycles. The van der Waals surface area contributed by atoms with Gasteiger partial charge in [-0.3, -0.25) is 0 Å². The van der Waals surface area contributed by atoms with E-state index in [0.717, 1.165) is 6.54 Å². The van der Waals surface area contributed by atoms with Crippen LogP contribution < -0.4 is 10.2 Å². The second kappa shape index (κ2) is 4.73. The molecule has 1 aliphatic heterocycles. The summed E-state index contributed by atoms with van der Waals surface area (Å²) in [5.74, 6) is 0. The van der Waals surface area contributed by atoms with Crippen LogP contribution in [0.15, 0.2) is 18.2 Å². The van der Waals surface area contributed by atoms with Crippen molar-refractivity contribution in [1.29, 1.82) is 0 Å². The molecule has 0 bridgehead atoms. The molecule has 1 spiro atoms. The molecule has 0 radical (unpaired) electrons. The minimum atomic E-state index is 0.354. The summed E-state index contributed by atoms with van der Waals surface area (Å²) < 4.78 is 0. The zero-order valence-corrected chi connectivity index (χ0v) is 12.5. The molecule has 1 aromatic carbocycles. The van der Waals surface area contributed by atoms with E-state index in [0.29, 0.717) is 11.6 Å². The Morgan fingerprint density at radius 3 is 2.58 bits per heavy atom. The number of anilines is 2. The molecule has 2 aliphatic rings. The van der Waals surface area contributed by atoms with Crippen LogP contribution in [0.3, 0.4) is 0 Å². The largest absolute Gasteiger partial charge is 0.381 e. The summed E-state index contributed by atoms with van der Waals surface area (Å²) in [5.41, 5.74) is 4.50. The van der Waals surface area contributed by atoms with Gasteiger partial charge >= 0.3 is 0 Å². The Hall–Kier alpha value is -1.18. The van der Waals surface area contributed by atoms with Crippen LogP contribution in [0.4, 0.5) is 11.4 Å². The Labute approximate surface area is 117 Å². The zero-order valence-electron chi connectivity index (χ0n) is 12.5. The minimum Gasteiger partial charge on any atom is -0.381 e. The van der Waals surface area contributed by atoms with Gasteiger partial charge in [0.25, 0.3) is 0 Å². The predicted octanol–water partition coefficient (Wildman–Crippen LogP) is 4.34. The Balaban J connectivity index is 2.07. The lowest BCUT2D eigenvalue weighted by Crippen LogP contribution is -2.60. The van der Waals surface area contributed by atoms with Gasteiger partial charge in [-0.1, -0.05) is 31.4 Å². The number of nitrogens with one attached hydrogen (secondary N) is 1. The highest BCUT2D eigenvalue weighted by molar-refractivity contribution is 5.77. The van der Waals surface area contributed by atoms with Crippen molar-refractivity contribution < 1.29 is 0 Å². The molecule has 0 amide bonds. The molecule has 3 rings (SSSR count). The number of rotatable bonds is 1. The van der Waals surface area contributed by atoms with Crippen LogP contribution >= 0.6 is 0 Å². The maximum Gasteiger partial charge on any atom is 0.0612 e. The third kappa shape index (κ3) is 2.01. The highest BCUT2D eigenvalue weighted by atomic mass is 15.3. The smallest absolute Gasteiger partial charge is 0.0612 e. The number of hydrogen-bond donors (Lipinski definition) is 1. The molecule has 1 N–H and O–H groups in total. The van der Waals surface area contributed by atoms with Crippen LogP contribution in [0.2, 0.25) is 0 Å². The number of para-hydroxylation sites is 1. The van der Waals surface area contributed by atoms with Gasteiger partial charge in [0.15, 0.2) is 0 Å². The molecule has 2 nitrogen and oxygen atoms in total. The molecular weight excluding hydrogens is 232 g/mol. The molecule has 1 aliphatic carbocycles. The van der Waals surface area contributed by atoms with Gasteiger partial charge in [-0.15, -0.1) is 0 Å². The Morgan fingerprint density at radius 2 is 1.89 bits per heavy atom. The van der Waals surface area contributed by atoms with Crippen LogP contribution in [0.5, 0.6) is 0 Å². The van der Waals surface area contributed by atoms with Gasteiger partial charge in [-0.2, -0.15) is 0 Å². The molecule has 1 fully saturated rings. The Morgan fingerprint density at radius 1 is 1.16 bits per heavy atom. The summed E-state index contributed by atoms with van der Waals surface area (Å²) in [6.45, 7) is 8.01. The van der Waals surface area contributed by atoms with Gasteiger partial charge in [0, 0.05) is 12.6 Å². The predicted molar refractivity (Wildman–Crippen MR) is 83.1 cm³/mol. The Kier molecular flexibility index (Phi) is 3.20. The molecule has 0 aromatic heterocycles. The summed E-state index contributed by atoms with van der Waals surface area (Å²) in [6.07, 6.45) is 6.85. The van der Waals surface area contributed by atoms with Crippen molar-refractivity contribution in [3.63, 3.8) is 0 Å². The number of aryl methyl sites for hydroxylation is 1. The monoisotopic (exact) mass is 258 g/mol. The molecule has 1 heterocycles. The standard InChI is InChI=1S/C17H26N2/c1-13(2)19-15-9-7-8-14(3)16(15)18-12-17(19)10-5-4-6-11-17/h7-9,13,18H,4-6,10-12H2,1-3H3. The minimum absolute atomic E-state index is 0.354. The quantitative estimate of drug-likeness (QED) is 0.806. The van der Waals surface area contributed by atoms with Gasteiger partial charge in [-0.25, -0.2) is 0 Å². The van der Waals surface area contributed by atoms with Crippen molar-refractivity contribution >= 4 is 11.4 Å². The summed E-state index contributed by atoms with van der Waals surface area (Å²) in [5, 5.41) is 3.73. The van der Waals surface area contributed by atoms with E-state index in [2.05, 4.69) is 49.2 Å². The topological polar surface area (TPSA) is 15.3 Å². The maximum absolute atomic E-state index is 3.73. The lowest BCUT2D eigenvalue weighted by molar-refractivity contribution is 0.270. The first kappa shape index (κ1) is 12.8. The van der Waals surface area contributed by atoms with Crippen molar-refractivity contribution in [2.75, 3.05) is 16.8 Å². The SMILES string of the molecule is Cc1cccc2c1NCC1(CCCCC1)N2C(C)C. The molecule has 0 atom stereocenters. The molecule has 19 heavy (non-hydrogen) atoms. The first-order chi connectivity index (χ1) is 9.14. The van der Waals surface area contributed by atoms with E-state index in [1.165, 1.54) is 49.0 Å². The maximum atomic E-state index is 3.73. The lowest BCUT2D eigenvalue weighted by Gasteiger charge is -2.54. The molecule has 2 heteroatoms. The highest BCUT2D eigenvalue weighted by Gasteiger charge is 2.42. The molecule has 0 unspecified atom stereocenters. The molecule has 104 valence electrons. The summed E-state index contributed by atoms with van der Waals surface area (Å²) in [7, 11) is 0. The molecular formula is C17H26N2. The number of benzene rings is 1. The molecule has 1 aromatic rings. The average molecular weight is 258 g/mol. The fourth-order valence-electron chi connectivity index (χ4n) is 4.13. The van der Waals surface area contributed by atoms with E-state index in [1.54, 1.807) is 0 Å². The van der Waals surface area contributed by atoms with E-state index >= 15 is 0 Å². The van der Waals surface area contributed by atoms with Crippen molar-refractivity contribution in [2.24, 2.45) is 0 Å². The van der Waals surface area contributed by atoms with E-state index in [1.807, 2.05) is 0 Å². The number of fused-ring (bicyclic) bond motifs is 1. The van der Waals surface area contributed by atoms with E-state index in [9.17, 15) is 0 Å². The van der Waals surface area contributed by atoms with E-state index in [-0.39, 0.29) is 0 Å². The van der Waals surface area contributed by atoms with Gasteiger partial charge < -0.3 is 10.2 Å². The van der Waals surface area contributed by atoms with Gasteiger partial charge in [0.05, 0.1) is 16.9 Å². The summed E-state index contributed by atoms with van der Waals surface area (Å²) in [4.78, 5) is 2.71. The van der Waals surface area contributed by atoms with Crippen LogP contribution in [-0.2, 0) is 0 Å². The van der Waals surface area contributed by atoms with Crippen molar-refractivity contribution in [3.05, 3.63) is 23.8 Å². The third-order valence-electron chi connectivity index (χ3n) is 4.92. The van der Waals surface area contributed by atoms with Crippen LogP contribution in [0, 0.1) is 6.92 Å². The highest BCUT2D eigenvalue weighted by Crippen LogP contribution is 2.45. The normalized spacial score (nSPS) is 21.4. The van der Waals surface area contributed by atoms with Gasteiger partial charge in [0.2, 0.25) is 0 Å². The lowest BCUT2D eigenvalue weighted by atomic mass is 9.77. The first-order valence-corrected chi connectivity index (χ1v) is 7.77. The Bertz CT molecular complexity index is 458. The molecule has 0 saturated heterocycles. The van der Waals surface area contributed by atoms with Crippen molar-refractivity contribution in [2.45, 2.75) is 64.5 Å². The van der Waals surface area contributed by atoms with Crippen molar-refractivity contribution in [3.8, 4) is 0 Å². The van der Waals surface area contributed by atoms with Crippen LogP contribution in [-0.4, -0.2) is 18.1 Å². The summed E-state index contributed by atoms with van der Waals surface area (Å²) in [6, 6.07) is 7.28. The van der Waals surface area contributed by atoms with E-state index in [4.69, 9.17) is 0 Å². The van der Waals surface area contributed by atoms with Crippen LogP contribution in [0.25, 0.3) is 0 Å².